The van der Waals surface area contributed by atoms with E-state index in [4.69, 9.17) is 9.84 Å². The van der Waals surface area contributed by atoms with Gasteiger partial charge in [-0.2, -0.15) is 0 Å². The molecule has 0 radical (unpaired) electrons. The van der Waals surface area contributed by atoms with Gasteiger partial charge in [-0.1, -0.05) is 26.0 Å². The molecule has 3 N–H and O–H groups in total. The second-order valence-corrected chi connectivity index (χ2v) is 7.72. The molecule has 2 aromatic carbocycles. The number of thioether (sulfide) groups is 1. The topological polar surface area (TPSA) is 95.9 Å². The summed E-state index contributed by atoms with van der Waals surface area (Å²) >= 11 is 1.56. The van der Waals surface area contributed by atoms with Crippen molar-refractivity contribution in [3.05, 3.63) is 66.0 Å². The van der Waals surface area contributed by atoms with E-state index < -0.39 is 35.1 Å². The van der Waals surface area contributed by atoms with Crippen LogP contribution in [-0.2, 0) is 9.53 Å². The zero-order valence-corrected chi connectivity index (χ0v) is 17.0. The number of aromatic hydroxyl groups is 1. The third-order valence-electron chi connectivity index (χ3n) is 4.17. The molecule has 0 unspecified atom stereocenters. The van der Waals surface area contributed by atoms with E-state index in [-0.39, 0.29) is 5.56 Å². The molecule has 2 rings (SSSR count). The molecule has 0 heterocycles. The molecule has 0 aromatic heterocycles. The first-order valence-electron chi connectivity index (χ1n) is 8.64. The first-order valence-corrected chi connectivity index (χ1v) is 9.87. The van der Waals surface area contributed by atoms with Crippen molar-refractivity contribution >= 4 is 29.5 Å². The van der Waals surface area contributed by atoms with Crippen LogP contribution < -0.4 is 5.32 Å². The van der Waals surface area contributed by atoms with Crippen molar-refractivity contribution < 1.29 is 28.9 Å². The lowest BCUT2D eigenvalue weighted by molar-refractivity contribution is -0.131. The van der Waals surface area contributed by atoms with Crippen LogP contribution in [-0.4, -0.2) is 28.5 Å². The second kappa shape index (κ2) is 9.47. The highest BCUT2D eigenvalue weighted by molar-refractivity contribution is 7.98. The molecule has 29 heavy (non-hydrogen) atoms. The highest BCUT2D eigenvalue weighted by Gasteiger charge is 2.33. The summed E-state index contributed by atoms with van der Waals surface area (Å²) in [6.45, 7) is 3.31. The van der Waals surface area contributed by atoms with Crippen LogP contribution in [0.4, 0.5) is 14.9 Å². The van der Waals surface area contributed by atoms with Crippen LogP contribution in [0, 0.1) is 11.2 Å². The molecule has 1 atom stereocenters. The maximum atomic E-state index is 13.9. The monoisotopic (exact) mass is 419 g/mol. The Morgan fingerprint density at radius 1 is 1.21 bits per heavy atom. The predicted molar refractivity (Wildman–Crippen MR) is 110 cm³/mol. The number of phenolic OH excluding ortho intramolecular Hbond substituents is 1. The largest absolute Gasteiger partial charge is 0.505 e. The molecule has 0 spiro atoms. The normalized spacial score (nSPS) is 12.6. The molecule has 154 valence electrons. The quantitative estimate of drug-likeness (QED) is 0.421. The Kier molecular flexibility index (Phi) is 7.28. The zero-order chi connectivity index (χ0) is 21.6. The number of nitrogens with one attached hydrogen (secondary N) is 1. The Labute approximate surface area is 172 Å². The molecule has 0 aliphatic carbocycles. The maximum Gasteiger partial charge on any atom is 0.412 e. The Balaban J connectivity index is 2.29. The van der Waals surface area contributed by atoms with Gasteiger partial charge in [-0.3, -0.25) is 5.32 Å². The number of carbonyl (C=O) groups excluding carboxylic acids is 1. The summed E-state index contributed by atoms with van der Waals surface area (Å²) in [5, 5.41) is 21.0. The number of halogens is 1. The predicted octanol–water partition coefficient (Wildman–Crippen LogP) is 5.21. The number of carbonyl (C=O) groups is 2. The van der Waals surface area contributed by atoms with Crippen molar-refractivity contribution in [2.45, 2.75) is 24.8 Å². The minimum atomic E-state index is -1.16. The molecular weight excluding hydrogens is 397 g/mol. The summed E-state index contributed by atoms with van der Waals surface area (Å²) in [4.78, 5) is 24.4. The van der Waals surface area contributed by atoms with Crippen molar-refractivity contribution in [3.8, 4) is 5.75 Å². The first kappa shape index (κ1) is 22.3. The summed E-state index contributed by atoms with van der Waals surface area (Å²) in [6, 6.07) is 10.7. The molecule has 1 amide bonds. The van der Waals surface area contributed by atoms with Gasteiger partial charge in [-0.15, -0.1) is 11.8 Å². The molecule has 2 aromatic rings. The highest BCUT2D eigenvalue weighted by atomic mass is 32.2. The van der Waals surface area contributed by atoms with Crippen molar-refractivity contribution in [2.75, 3.05) is 11.6 Å². The minimum Gasteiger partial charge on any atom is -0.505 e. The number of hydrogen-bond donors (Lipinski definition) is 3. The lowest BCUT2D eigenvalue weighted by Gasteiger charge is -2.31. The van der Waals surface area contributed by atoms with E-state index in [1.165, 1.54) is 12.1 Å². The lowest BCUT2D eigenvalue weighted by Crippen LogP contribution is -2.28. The smallest absolute Gasteiger partial charge is 0.412 e. The number of anilines is 1. The number of phenols is 1. The van der Waals surface area contributed by atoms with Gasteiger partial charge >= 0.3 is 12.1 Å². The van der Waals surface area contributed by atoms with Crippen LogP contribution >= 0.6 is 11.8 Å². The van der Waals surface area contributed by atoms with E-state index in [1.807, 2.05) is 18.4 Å². The molecule has 0 fully saturated rings. The molecule has 0 saturated carbocycles. The SMILES string of the molecule is CSc1ccc(NC(=O)O[C@H](c2ccc(O)c(F)c2)C(C)(C)/C=C/C(=O)O)cc1. The molecule has 0 bridgehead atoms. The van der Waals surface area contributed by atoms with Gasteiger partial charge in [0, 0.05) is 22.1 Å². The standard InChI is InChI=1S/C21H22FNO5S/c1-21(2,11-10-18(25)26)19(13-4-9-17(24)16(22)12-13)28-20(27)23-14-5-7-15(29-3)8-6-14/h4-12,19,24H,1-3H3,(H,23,27)(H,25,26)/b11-10+/t19-/m1/s1. The third kappa shape index (κ3) is 6.25. The maximum absolute atomic E-state index is 13.9. The van der Waals surface area contributed by atoms with Crippen LogP contribution in [0.15, 0.2) is 59.5 Å². The van der Waals surface area contributed by atoms with Crippen molar-refractivity contribution in [1.29, 1.82) is 0 Å². The van der Waals surface area contributed by atoms with E-state index in [2.05, 4.69) is 5.32 Å². The molecule has 0 aliphatic heterocycles. The van der Waals surface area contributed by atoms with Gasteiger partial charge in [0.25, 0.3) is 0 Å². The summed E-state index contributed by atoms with van der Waals surface area (Å²) < 4.78 is 19.4. The van der Waals surface area contributed by atoms with Gasteiger partial charge in [0.15, 0.2) is 11.6 Å². The first-order chi connectivity index (χ1) is 13.6. The fourth-order valence-corrected chi connectivity index (χ4v) is 3.05. The zero-order valence-electron chi connectivity index (χ0n) is 16.2. The van der Waals surface area contributed by atoms with E-state index in [0.717, 1.165) is 23.1 Å². The van der Waals surface area contributed by atoms with Gasteiger partial charge in [0.2, 0.25) is 0 Å². The number of benzene rings is 2. The fraction of sp³-hybridized carbons (Fsp3) is 0.238. The van der Waals surface area contributed by atoms with Crippen LogP contribution in [0.25, 0.3) is 0 Å². The summed E-state index contributed by atoms with van der Waals surface area (Å²) in [5.41, 5.74) is -0.197. The molecule has 0 saturated heterocycles. The highest BCUT2D eigenvalue weighted by Crippen LogP contribution is 2.39. The van der Waals surface area contributed by atoms with Crippen molar-refractivity contribution in [1.82, 2.24) is 0 Å². The number of hydrogen-bond acceptors (Lipinski definition) is 5. The number of aliphatic carboxylic acids is 1. The Bertz CT molecular complexity index is 912. The van der Waals surface area contributed by atoms with Gasteiger partial charge in [-0.05, 0) is 48.2 Å². The van der Waals surface area contributed by atoms with Crippen molar-refractivity contribution in [3.63, 3.8) is 0 Å². The van der Waals surface area contributed by atoms with Gasteiger partial charge in [-0.25, -0.2) is 14.0 Å². The van der Waals surface area contributed by atoms with Gasteiger partial charge in [0.1, 0.15) is 6.10 Å². The van der Waals surface area contributed by atoms with Crippen LogP contribution in [0.5, 0.6) is 5.75 Å². The van der Waals surface area contributed by atoms with Crippen LogP contribution in [0.1, 0.15) is 25.5 Å². The Morgan fingerprint density at radius 3 is 2.41 bits per heavy atom. The van der Waals surface area contributed by atoms with E-state index >= 15 is 0 Å². The number of ether oxygens (including phenoxy) is 1. The molecule has 0 aliphatic rings. The molecule has 8 heteroatoms. The fourth-order valence-electron chi connectivity index (χ4n) is 2.64. The Hall–Kier alpha value is -3.00. The lowest BCUT2D eigenvalue weighted by atomic mass is 9.82. The number of rotatable bonds is 7. The van der Waals surface area contributed by atoms with E-state index in [0.29, 0.717) is 5.69 Å². The van der Waals surface area contributed by atoms with Crippen molar-refractivity contribution in [2.24, 2.45) is 5.41 Å². The summed E-state index contributed by atoms with van der Waals surface area (Å²) in [7, 11) is 0. The minimum absolute atomic E-state index is 0.271. The van der Waals surface area contributed by atoms with E-state index in [1.54, 1.807) is 37.7 Å². The average Bonchev–Trinajstić information content (AvgIpc) is 2.67. The number of carboxylic acid groups (broad SMARTS) is 1. The molecule has 6 nitrogen and oxygen atoms in total. The van der Waals surface area contributed by atoms with Gasteiger partial charge < -0.3 is 14.9 Å². The number of amides is 1. The molecular formula is C21H22FNO5S. The summed E-state index contributed by atoms with van der Waals surface area (Å²) in [5.74, 6) is -2.57. The average molecular weight is 419 g/mol. The Morgan fingerprint density at radius 2 is 1.86 bits per heavy atom. The van der Waals surface area contributed by atoms with Crippen LogP contribution in [0.2, 0.25) is 0 Å². The number of carboxylic acids is 1. The van der Waals surface area contributed by atoms with Gasteiger partial charge in [0.05, 0.1) is 0 Å². The van der Waals surface area contributed by atoms with Crippen LogP contribution in [0.3, 0.4) is 0 Å². The second-order valence-electron chi connectivity index (χ2n) is 6.84. The van der Waals surface area contributed by atoms with E-state index in [9.17, 15) is 19.1 Å². The summed E-state index contributed by atoms with van der Waals surface area (Å²) in [6.07, 6.45) is 2.44. The third-order valence-corrected chi connectivity index (χ3v) is 4.91.